The largest absolute Gasteiger partial charge is 0.372 e. The molecule has 1 aliphatic heterocycles. The molecule has 0 aliphatic carbocycles. The molecule has 1 aliphatic rings. The predicted molar refractivity (Wildman–Crippen MR) is 65.0 cm³/mol. The topological polar surface area (TPSA) is 36.9 Å². The first-order valence-electron chi connectivity index (χ1n) is 5.58. The van der Waals surface area contributed by atoms with Crippen molar-refractivity contribution in [3.8, 4) is 12.3 Å². The highest BCUT2D eigenvalue weighted by molar-refractivity contribution is 6.18. The summed E-state index contributed by atoms with van der Waals surface area (Å²) in [5, 5.41) is 0. The minimum absolute atomic E-state index is 0.0525. The molecule has 1 fully saturated rings. The molecule has 2 atom stereocenters. The monoisotopic (exact) mass is 262 g/mol. The Morgan fingerprint density at radius 1 is 1.59 bits per heavy atom. The van der Waals surface area contributed by atoms with Crippen molar-refractivity contribution in [2.24, 2.45) is 0 Å². The van der Waals surface area contributed by atoms with Crippen molar-refractivity contribution in [1.29, 1.82) is 0 Å². The van der Waals surface area contributed by atoms with Crippen LogP contribution >= 0.6 is 11.6 Å². The third-order valence-corrected chi connectivity index (χ3v) is 2.59. The molecule has 0 spiro atoms. The smallest absolute Gasteiger partial charge is 0.163 e. The molecule has 4 nitrogen and oxygen atoms in total. The minimum atomic E-state index is -0.523. The number of terminal acetylenes is 1. The van der Waals surface area contributed by atoms with Gasteiger partial charge in [-0.05, 0) is 13.8 Å². The average Bonchev–Trinajstić information content (AvgIpc) is 2.63. The van der Waals surface area contributed by atoms with Gasteiger partial charge in [0.1, 0.15) is 12.7 Å². The first-order valence-corrected chi connectivity index (χ1v) is 6.11. The molecule has 0 aromatic carbocycles. The van der Waals surface area contributed by atoms with Gasteiger partial charge in [-0.3, -0.25) is 0 Å². The molecule has 0 bridgehead atoms. The predicted octanol–water partition coefficient (Wildman–Crippen LogP) is 1.41. The lowest BCUT2D eigenvalue weighted by atomic mass is 10.4. The van der Waals surface area contributed by atoms with Crippen LogP contribution in [-0.4, -0.2) is 50.3 Å². The van der Waals surface area contributed by atoms with Gasteiger partial charge < -0.3 is 18.9 Å². The highest BCUT2D eigenvalue weighted by Gasteiger charge is 2.33. The van der Waals surface area contributed by atoms with Gasteiger partial charge in [0.15, 0.2) is 5.79 Å². The highest BCUT2D eigenvalue weighted by Crippen LogP contribution is 2.22. The Kier molecular flexibility index (Phi) is 6.24. The number of rotatable bonds is 7. The maximum atomic E-state index is 5.76. The van der Waals surface area contributed by atoms with E-state index in [0.29, 0.717) is 25.7 Å². The van der Waals surface area contributed by atoms with E-state index in [4.69, 9.17) is 37.0 Å². The van der Waals surface area contributed by atoms with E-state index in [-0.39, 0.29) is 18.8 Å². The van der Waals surface area contributed by atoms with E-state index >= 15 is 0 Å². The van der Waals surface area contributed by atoms with Crippen LogP contribution in [0.2, 0.25) is 0 Å². The van der Waals surface area contributed by atoms with Gasteiger partial charge in [-0.2, -0.15) is 0 Å². The summed E-state index contributed by atoms with van der Waals surface area (Å²) in [6.45, 7) is 5.40. The van der Waals surface area contributed by atoms with Crippen LogP contribution < -0.4 is 0 Å². The fraction of sp³-hybridized carbons (Fsp3) is 0.833. The van der Waals surface area contributed by atoms with Crippen LogP contribution in [0.3, 0.4) is 0 Å². The molecule has 17 heavy (non-hydrogen) atoms. The van der Waals surface area contributed by atoms with Gasteiger partial charge in [-0.15, -0.1) is 18.0 Å². The molecule has 1 saturated heterocycles. The van der Waals surface area contributed by atoms with Crippen molar-refractivity contribution >= 4 is 11.6 Å². The Morgan fingerprint density at radius 2 is 2.35 bits per heavy atom. The van der Waals surface area contributed by atoms with Gasteiger partial charge in [-0.25, -0.2) is 0 Å². The normalized spacial score (nSPS) is 24.5. The Hall–Kier alpha value is -0.310. The van der Waals surface area contributed by atoms with E-state index < -0.39 is 5.79 Å². The molecular weight excluding hydrogens is 244 g/mol. The van der Waals surface area contributed by atoms with Crippen LogP contribution in [-0.2, 0) is 18.9 Å². The molecule has 0 N–H and O–H groups in total. The van der Waals surface area contributed by atoms with Crippen LogP contribution in [0.25, 0.3) is 0 Å². The quantitative estimate of drug-likeness (QED) is 0.395. The van der Waals surface area contributed by atoms with Crippen LogP contribution in [0.5, 0.6) is 0 Å². The zero-order chi connectivity index (χ0) is 12.7. The van der Waals surface area contributed by atoms with Gasteiger partial charge in [0.25, 0.3) is 0 Å². The second-order valence-electron chi connectivity index (χ2n) is 4.28. The second-order valence-corrected chi connectivity index (χ2v) is 4.59. The lowest BCUT2D eigenvalue weighted by molar-refractivity contribution is -0.148. The van der Waals surface area contributed by atoms with Gasteiger partial charge in [0.2, 0.25) is 0 Å². The fourth-order valence-electron chi connectivity index (χ4n) is 1.48. The van der Waals surface area contributed by atoms with E-state index in [0.717, 1.165) is 0 Å². The third-order valence-electron chi connectivity index (χ3n) is 2.25. The van der Waals surface area contributed by atoms with Gasteiger partial charge in [-0.1, -0.05) is 5.92 Å². The lowest BCUT2D eigenvalue weighted by Gasteiger charge is -2.19. The van der Waals surface area contributed by atoms with Crippen LogP contribution in [0, 0.1) is 12.3 Å². The molecule has 2 unspecified atom stereocenters. The zero-order valence-corrected chi connectivity index (χ0v) is 11.0. The average molecular weight is 263 g/mol. The molecule has 0 aromatic rings. The molecule has 1 heterocycles. The summed E-state index contributed by atoms with van der Waals surface area (Å²) < 4.78 is 21.8. The maximum absolute atomic E-state index is 5.76. The summed E-state index contributed by atoms with van der Waals surface area (Å²) in [4.78, 5) is 0. The van der Waals surface area contributed by atoms with Crippen LogP contribution in [0.15, 0.2) is 0 Å². The van der Waals surface area contributed by atoms with Crippen LogP contribution in [0.4, 0.5) is 0 Å². The van der Waals surface area contributed by atoms with E-state index in [1.807, 2.05) is 13.8 Å². The van der Waals surface area contributed by atoms with E-state index in [9.17, 15) is 0 Å². The fourth-order valence-corrected chi connectivity index (χ4v) is 1.65. The molecular formula is C12H19ClO4. The summed E-state index contributed by atoms with van der Waals surface area (Å²) in [6.07, 6.45) is 4.85. The minimum Gasteiger partial charge on any atom is -0.372 e. The van der Waals surface area contributed by atoms with Crippen molar-refractivity contribution in [3.05, 3.63) is 0 Å². The standard InChI is InChI=1S/C12H19ClO4/c1-4-5-14-7-10(6-13)15-8-11-9-16-12(2,3)17-11/h1,10-11H,5-9H2,2-3H3. The Labute approximate surface area is 108 Å². The summed E-state index contributed by atoms with van der Waals surface area (Å²) >= 11 is 5.76. The van der Waals surface area contributed by atoms with Crippen molar-refractivity contribution in [1.82, 2.24) is 0 Å². The van der Waals surface area contributed by atoms with Crippen molar-refractivity contribution < 1.29 is 18.9 Å². The molecule has 0 amide bonds. The first kappa shape index (κ1) is 14.7. The Morgan fingerprint density at radius 3 is 2.88 bits per heavy atom. The van der Waals surface area contributed by atoms with E-state index in [2.05, 4.69) is 5.92 Å². The first-order chi connectivity index (χ1) is 8.07. The van der Waals surface area contributed by atoms with Gasteiger partial charge in [0.05, 0.1) is 31.8 Å². The number of hydrogen-bond acceptors (Lipinski definition) is 4. The van der Waals surface area contributed by atoms with Crippen molar-refractivity contribution in [3.63, 3.8) is 0 Å². The maximum Gasteiger partial charge on any atom is 0.163 e. The Balaban J connectivity index is 2.17. The molecule has 0 radical (unpaired) electrons. The van der Waals surface area contributed by atoms with Gasteiger partial charge >= 0.3 is 0 Å². The summed E-state index contributed by atoms with van der Waals surface area (Å²) in [6, 6.07) is 0. The number of ether oxygens (including phenoxy) is 4. The highest BCUT2D eigenvalue weighted by atomic mass is 35.5. The lowest BCUT2D eigenvalue weighted by Crippen LogP contribution is -2.29. The molecule has 5 heteroatoms. The summed E-state index contributed by atoms with van der Waals surface area (Å²) in [5.41, 5.74) is 0. The van der Waals surface area contributed by atoms with E-state index in [1.54, 1.807) is 0 Å². The van der Waals surface area contributed by atoms with Crippen molar-refractivity contribution in [2.45, 2.75) is 31.8 Å². The number of halogens is 1. The molecule has 1 rings (SSSR count). The SMILES string of the molecule is C#CCOCC(CCl)OCC1COC(C)(C)O1. The van der Waals surface area contributed by atoms with E-state index in [1.165, 1.54) is 0 Å². The molecule has 0 saturated carbocycles. The third kappa shape index (κ3) is 5.71. The number of hydrogen-bond donors (Lipinski definition) is 0. The zero-order valence-electron chi connectivity index (χ0n) is 10.3. The molecule has 0 aromatic heterocycles. The second kappa shape index (κ2) is 7.20. The Bertz CT molecular complexity index is 262. The summed E-state index contributed by atoms with van der Waals surface area (Å²) in [5.74, 6) is 2.23. The molecule has 98 valence electrons. The summed E-state index contributed by atoms with van der Waals surface area (Å²) in [7, 11) is 0. The number of alkyl halides is 1. The van der Waals surface area contributed by atoms with Gasteiger partial charge in [0, 0.05) is 0 Å². The van der Waals surface area contributed by atoms with Crippen LogP contribution in [0.1, 0.15) is 13.8 Å². The van der Waals surface area contributed by atoms with Crippen molar-refractivity contribution in [2.75, 3.05) is 32.3 Å².